The molecule has 1 aromatic rings. The van der Waals surface area contributed by atoms with Gasteiger partial charge in [-0.2, -0.15) is 0 Å². The van der Waals surface area contributed by atoms with Crippen LogP contribution in [-0.2, 0) is 32.2 Å². The van der Waals surface area contributed by atoms with Crippen molar-refractivity contribution < 1.29 is 19.0 Å². The molecule has 3 rings (SSSR count). The van der Waals surface area contributed by atoms with Gasteiger partial charge in [-0.15, -0.1) is 0 Å². The lowest BCUT2D eigenvalue weighted by Crippen LogP contribution is -2.42. The predicted octanol–water partition coefficient (Wildman–Crippen LogP) is 3.24. The zero-order valence-corrected chi connectivity index (χ0v) is 17.3. The van der Waals surface area contributed by atoms with Crippen LogP contribution in [0.5, 0.6) is 0 Å². The zero-order valence-electron chi connectivity index (χ0n) is 16.3. The Morgan fingerprint density at radius 1 is 1.23 bits per heavy atom. The molecular weight excluding hydrogens is 348 g/mol. The maximum Gasteiger partial charge on any atom is 0.168 e. The standard InChI is InChI=1S/C19H32N2O4Si/c1-26(2,3)13-12-23-16-21-9-8-20-17(21)14-18(15-22)4-6-19(7-5-18)24-10-11-25-19/h8-9,15H,4-7,10-14,16H2,1-3H3. The molecule has 2 fully saturated rings. The molecule has 146 valence electrons. The van der Waals surface area contributed by atoms with Gasteiger partial charge in [-0.1, -0.05) is 19.6 Å². The van der Waals surface area contributed by atoms with E-state index in [1.165, 1.54) is 0 Å². The summed E-state index contributed by atoms with van der Waals surface area (Å²) in [4.78, 5) is 16.4. The predicted molar refractivity (Wildman–Crippen MR) is 102 cm³/mol. The second kappa shape index (κ2) is 7.92. The third-order valence-corrected chi connectivity index (χ3v) is 7.31. The first-order valence-electron chi connectivity index (χ1n) is 9.68. The normalized spacial score (nSPS) is 22.0. The smallest absolute Gasteiger partial charge is 0.168 e. The molecule has 2 heterocycles. The van der Waals surface area contributed by atoms with E-state index in [1.807, 2.05) is 10.8 Å². The van der Waals surface area contributed by atoms with Crippen molar-refractivity contribution in [2.75, 3.05) is 19.8 Å². The number of hydrogen-bond donors (Lipinski definition) is 0. The van der Waals surface area contributed by atoms with Crippen molar-refractivity contribution in [1.82, 2.24) is 9.55 Å². The topological polar surface area (TPSA) is 62.6 Å². The summed E-state index contributed by atoms with van der Waals surface area (Å²) in [7, 11) is -1.08. The Morgan fingerprint density at radius 2 is 1.92 bits per heavy atom. The molecule has 1 saturated carbocycles. The van der Waals surface area contributed by atoms with Gasteiger partial charge in [0, 0.05) is 51.8 Å². The summed E-state index contributed by atoms with van der Waals surface area (Å²) < 4.78 is 19.5. The number of nitrogens with zero attached hydrogens (tertiary/aromatic N) is 2. The molecule has 0 amide bonds. The van der Waals surface area contributed by atoms with E-state index >= 15 is 0 Å². The minimum atomic E-state index is -1.08. The Bertz CT molecular complexity index is 595. The Balaban J connectivity index is 1.56. The highest BCUT2D eigenvalue weighted by molar-refractivity contribution is 6.76. The summed E-state index contributed by atoms with van der Waals surface area (Å²) in [5.74, 6) is 0.483. The summed E-state index contributed by atoms with van der Waals surface area (Å²) in [5.41, 5.74) is -0.373. The van der Waals surface area contributed by atoms with E-state index in [4.69, 9.17) is 14.2 Å². The largest absolute Gasteiger partial charge is 0.361 e. The van der Waals surface area contributed by atoms with Crippen LogP contribution in [0.15, 0.2) is 12.4 Å². The van der Waals surface area contributed by atoms with Crippen molar-refractivity contribution in [3.63, 3.8) is 0 Å². The number of rotatable bonds is 8. The van der Waals surface area contributed by atoms with Crippen molar-refractivity contribution in [3.05, 3.63) is 18.2 Å². The molecule has 0 atom stereocenters. The van der Waals surface area contributed by atoms with Crippen LogP contribution in [0, 0.1) is 5.41 Å². The third kappa shape index (κ3) is 4.82. The molecule has 1 saturated heterocycles. The van der Waals surface area contributed by atoms with Gasteiger partial charge in [-0.25, -0.2) is 4.98 Å². The number of aldehydes is 1. The first kappa shape index (κ1) is 19.7. The number of ether oxygens (including phenoxy) is 3. The second-order valence-corrected chi connectivity index (χ2v) is 14.5. The monoisotopic (exact) mass is 380 g/mol. The molecule has 0 aromatic carbocycles. The SMILES string of the molecule is C[Si](C)(C)CCOCn1ccnc1CC1(C=O)CCC2(CC1)OCCO2. The highest BCUT2D eigenvalue weighted by Gasteiger charge is 2.46. The van der Waals surface area contributed by atoms with Gasteiger partial charge in [0.05, 0.1) is 13.2 Å². The van der Waals surface area contributed by atoms with Gasteiger partial charge in [-0.3, -0.25) is 0 Å². The Labute approximate surface area is 157 Å². The van der Waals surface area contributed by atoms with Gasteiger partial charge in [0.25, 0.3) is 0 Å². The van der Waals surface area contributed by atoms with Crippen LogP contribution in [0.4, 0.5) is 0 Å². The number of carbonyl (C=O) groups is 1. The van der Waals surface area contributed by atoms with Crippen molar-refractivity contribution in [2.45, 2.75) is 70.3 Å². The molecule has 7 heteroatoms. The van der Waals surface area contributed by atoms with Crippen LogP contribution in [0.25, 0.3) is 0 Å². The fraction of sp³-hybridized carbons (Fsp3) is 0.789. The molecule has 0 bridgehead atoms. The lowest BCUT2D eigenvalue weighted by Gasteiger charge is -2.40. The van der Waals surface area contributed by atoms with Crippen LogP contribution in [0.1, 0.15) is 31.5 Å². The van der Waals surface area contributed by atoms with E-state index in [2.05, 4.69) is 24.6 Å². The van der Waals surface area contributed by atoms with Gasteiger partial charge < -0.3 is 23.6 Å². The van der Waals surface area contributed by atoms with Gasteiger partial charge in [0.2, 0.25) is 0 Å². The highest BCUT2D eigenvalue weighted by Crippen LogP contribution is 2.45. The molecule has 0 N–H and O–H groups in total. The van der Waals surface area contributed by atoms with Crippen LogP contribution < -0.4 is 0 Å². The van der Waals surface area contributed by atoms with Gasteiger partial charge in [-0.05, 0) is 18.9 Å². The molecular formula is C19H32N2O4Si. The minimum Gasteiger partial charge on any atom is -0.361 e. The first-order valence-corrected chi connectivity index (χ1v) is 13.4. The number of aromatic nitrogens is 2. The Kier molecular flexibility index (Phi) is 6.01. The van der Waals surface area contributed by atoms with Crippen LogP contribution in [0.3, 0.4) is 0 Å². The summed E-state index contributed by atoms with van der Waals surface area (Å²) >= 11 is 0. The number of hydrogen-bond acceptors (Lipinski definition) is 5. The minimum absolute atomic E-state index is 0.373. The van der Waals surface area contributed by atoms with Gasteiger partial charge in [0.15, 0.2) is 5.79 Å². The maximum absolute atomic E-state index is 11.9. The summed E-state index contributed by atoms with van der Waals surface area (Å²) in [6.45, 7) is 9.65. The van der Waals surface area contributed by atoms with E-state index < -0.39 is 13.9 Å². The Morgan fingerprint density at radius 3 is 2.54 bits per heavy atom. The Hall–Kier alpha value is -1.02. The molecule has 1 aromatic heterocycles. The molecule has 6 nitrogen and oxygen atoms in total. The molecule has 26 heavy (non-hydrogen) atoms. The lowest BCUT2D eigenvalue weighted by molar-refractivity contribution is -0.190. The molecule has 1 spiro atoms. The first-order chi connectivity index (χ1) is 12.4. The third-order valence-electron chi connectivity index (χ3n) is 5.61. The van der Waals surface area contributed by atoms with Crippen LogP contribution in [0.2, 0.25) is 25.7 Å². The zero-order chi connectivity index (χ0) is 18.7. The molecule has 1 aliphatic carbocycles. The maximum atomic E-state index is 11.9. The van der Waals surface area contributed by atoms with E-state index in [9.17, 15) is 4.79 Å². The van der Waals surface area contributed by atoms with Crippen molar-refractivity contribution >= 4 is 14.4 Å². The fourth-order valence-corrected chi connectivity index (χ4v) is 4.49. The summed E-state index contributed by atoms with van der Waals surface area (Å²) in [6, 6.07) is 1.15. The number of imidazole rings is 1. The van der Waals surface area contributed by atoms with Crippen molar-refractivity contribution in [3.8, 4) is 0 Å². The summed E-state index contributed by atoms with van der Waals surface area (Å²) in [6.07, 6.45) is 8.62. The van der Waals surface area contributed by atoms with E-state index in [-0.39, 0.29) is 5.41 Å². The summed E-state index contributed by atoms with van der Waals surface area (Å²) in [5, 5.41) is 0. The van der Waals surface area contributed by atoms with E-state index in [0.717, 1.165) is 50.4 Å². The average molecular weight is 381 g/mol. The molecule has 2 aliphatic rings. The van der Waals surface area contributed by atoms with Crippen molar-refractivity contribution in [1.29, 1.82) is 0 Å². The van der Waals surface area contributed by atoms with Gasteiger partial charge in [0.1, 0.15) is 18.8 Å². The number of carbonyl (C=O) groups excluding carboxylic acids is 1. The highest BCUT2D eigenvalue weighted by atomic mass is 28.3. The van der Waals surface area contributed by atoms with Crippen molar-refractivity contribution in [2.24, 2.45) is 5.41 Å². The lowest BCUT2D eigenvalue weighted by atomic mass is 9.70. The molecule has 1 aliphatic heterocycles. The quantitative estimate of drug-likeness (QED) is 0.394. The van der Waals surface area contributed by atoms with E-state index in [1.54, 1.807) is 6.20 Å². The van der Waals surface area contributed by atoms with Gasteiger partial charge >= 0.3 is 0 Å². The fourth-order valence-electron chi connectivity index (χ4n) is 3.73. The second-order valence-electron chi connectivity index (χ2n) is 8.93. The molecule has 0 unspecified atom stereocenters. The molecule has 0 radical (unpaired) electrons. The van der Waals surface area contributed by atoms with Crippen LogP contribution >= 0.6 is 0 Å². The average Bonchev–Trinajstić information content (AvgIpc) is 3.23. The van der Waals surface area contributed by atoms with E-state index in [0.29, 0.717) is 26.4 Å². The van der Waals surface area contributed by atoms with Crippen LogP contribution in [-0.4, -0.2) is 49.5 Å².